The Morgan fingerprint density at radius 1 is 1.56 bits per heavy atom. The van der Waals surface area contributed by atoms with Gasteiger partial charge in [0.05, 0.1) is 15.9 Å². The molecule has 1 aliphatic heterocycles. The van der Waals surface area contributed by atoms with Gasteiger partial charge in [-0.2, -0.15) is 5.10 Å². The molecule has 2 rings (SSSR count). The highest BCUT2D eigenvalue weighted by Gasteiger charge is 2.25. The summed E-state index contributed by atoms with van der Waals surface area (Å²) < 4.78 is 3.10. The lowest BCUT2D eigenvalue weighted by molar-refractivity contribution is 0.243. The first kappa shape index (κ1) is 12.1. The lowest BCUT2D eigenvalue weighted by Crippen LogP contribution is -2.35. The number of nitrogens with two attached hydrogens (primary N) is 1. The summed E-state index contributed by atoms with van der Waals surface area (Å²) in [6.45, 7) is 4.88. The molecule has 16 heavy (non-hydrogen) atoms. The number of halogens is 1. The summed E-state index contributed by atoms with van der Waals surface area (Å²) in [5.41, 5.74) is 8.09. The topological polar surface area (TPSA) is 47.1 Å². The molecule has 2 heterocycles. The molecule has 5 heteroatoms. The standard InChI is InChI=1S/C11H19BrN4/c1-8-11(12)10(15(2)14-8)7-16-5-3-4-9(16)6-13/h9H,3-7,13H2,1-2H3. The Hall–Kier alpha value is -0.390. The highest BCUT2D eigenvalue weighted by Crippen LogP contribution is 2.25. The van der Waals surface area contributed by atoms with Gasteiger partial charge in [0, 0.05) is 26.2 Å². The fraction of sp³-hybridized carbons (Fsp3) is 0.727. The van der Waals surface area contributed by atoms with Gasteiger partial charge < -0.3 is 5.73 Å². The molecule has 0 amide bonds. The minimum absolute atomic E-state index is 0.544. The molecule has 1 fully saturated rings. The maximum absolute atomic E-state index is 5.78. The third-order valence-corrected chi connectivity index (χ3v) is 4.42. The van der Waals surface area contributed by atoms with Crippen molar-refractivity contribution in [3.8, 4) is 0 Å². The highest BCUT2D eigenvalue weighted by molar-refractivity contribution is 9.10. The molecule has 1 aliphatic rings. The quantitative estimate of drug-likeness (QED) is 0.914. The number of rotatable bonds is 3. The lowest BCUT2D eigenvalue weighted by atomic mass is 10.2. The van der Waals surface area contributed by atoms with Crippen LogP contribution in [0, 0.1) is 6.92 Å². The summed E-state index contributed by atoms with van der Waals surface area (Å²) in [4.78, 5) is 2.46. The van der Waals surface area contributed by atoms with Crippen LogP contribution in [0.2, 0.25) is 0 Å². The van der Waals surface area contributed by atoms with Crippen LogP contribution in [-0.4, -0.2) is 33.8 Å². The van der Waals surface area contributed by atoms with Crippen molar-refractivity contribution in [1.82, 2.24) is 14.7 Å². The van der Waals surface area contributed by atoms with Crippen LogP contribution in [0.15, 0.2) is 4.47 Å². The van der Waals surface area contributed by atoms with Crippen molar-refractivity contribution >= 4 is 15.9 Å². The van der Waals surface area contributed by atoms with Gasteiger partial charge in [-0.1, -0.05) is 0 Å². The van der Waals surface area contributed by atoms with Crippen LogP contribution >= 0.6 is 15.9 Å². The highest BCUT2D eigenvalue weighted by atomic mass is 79.9. The zero-order valence-electron chi connectivity index (χ0n) is 9.91. The van der Waals surface area contributed by atoms with E-state index in [1.165, 1.54) is 18.5 Å². The smallest absolute Gasteiger partial charge is 0.0739 e. The molecule has 0 spiro atoms. The molecule has 0 radical (unpaired) electrons. The predicted octanol–water partition coefficient (Wildman–Crippen LogP) is 1.41. The van der Waals surface area contributed by atoms with Crippen LogP contribution in [-0.2, 0) is 13.6 Å². The van der Waals surface area contributed by atoms with E-state index in [1.54, 1.807) is 0 Å². The van der Waals surface area contributed by atoms with E-state index in [-0.39, 0.29) is 0 Å². The average Bonchev–Trinajstić information content (AvgIpc) is 2.79. The minimum Gasteiger partial charge on any atom is -0.329 e. The Morgan fingerprint density at radius 3 is 2.88 bits per heavy atom. The summed E-state index contributed by atoms with van der Waals surface area (Å²) in [6, 6.07) is 0.544. The van der Waals surface area contributed by atoms with Crippen molar-refractivity contribution in [2.45, 2.75) is 32.4 Å². The van der Waals surface area contributed by atoms with E-state index < -0.39 is 0 Å². The Morgan fingerprint density at radius 2 is 2.31 bits per heavy atom. The van der Waals surface area contributed by atoms with Crippen molar-refractivity contribution in [1.29, 1.82) is 0 Å². The van der Waals surface area contributed by atoms with E-state index >= 15 is 0 Å². The van der Waals surface area contributed by atoms with E-state index in [4.69, 9.17) is 5.73 Å². The van der Waals surface area contributed by atoms with Gasteiger partial charge in [0.25, 0.3) is 0 Å². The summed E-state index contributed by atoms with van der Waals surface area (Å²) in [6.07, 6.45) is 2.49. The Labute approximate surface area is 105 Å². The van der Waals surface area contributed by atoms with Gasteiger partial charge in [0.15, 0.2) is 0 Å². The maximum atomic E-state index is 5.78. The van der Waals surface area contributed by atoms with Crippen molar-refractivity contribution < 1.29 is 0 Å². The van der Waals surface area contributed by atoms with Crippen LogP contribution < -0.4 is 5.73 Å². The average molecular weight is 287 g/mol. The van der Waals surface area contributed by atoms with E-state index in [9.17, 15) is 0 Å². The number of nitrogens with zero attached hydrogens (tertiary/aromatic N) is 3. The second-order valence-corrected chi connectivity index (χ2v) is 5.26. The van der Waals surface area contributed by atoms with Gasteiger partial charge in [-0.05, 0) is 42.2 Å². The van der Waals surface area contributed by atoms with Gasteiger partial charge in [0.1, 0.15) is 0 Å². The largest absolute Gasteiger partial charge is 0.329 e. The van der Waals surface area contributed by atoms with Crippen molar-refractivity contribution in [3.63, 3.8) is 0 Å². The minimum atomic E-state index is 0.544. The maximum Gasteiger partial charge on any atom is 0.0739 e. The van der Waals surface area contributed by atoms with E-state index in [2.05, 4.69) is 25.9 Å². The van der Waals surface area contributed by atoms with E-state index in [0.29, 0.717) is 6.04 Å². The SMILES string of the molecule is Cc1nn(C)c(CN2CCCC2CN)c1Br. The number of aryl methyl sites for hydroxylation is 2. The predicted molar refractivity (Wildman–Crippen MR) is 68.1 cm³/mol. The molecular weight excluding hydrogens is 268 g/mol. The van der Waals surface area contributed by atoms with Gasteiger partial charge in [-0.3, -0.25) is 9.58 Å². The second-order valence-electron chi connectivity index (χ2n) is 4.47. The molecule has 0 saturated carbocycles. The molecule has 0 aliphatic carbocycles. The number of hydrogen-bond acceptors (Lipinski definition) is 3. The molecule has 1 unspecified atom stereocenters. The first-order valence-corrected chi connectivity index (χ1v) is 6.55. The number of likely N-dealkylation sites (tertiary alicyclic amines) is 1. The van der Waals surface area contributed by atoms with Gasteiger partial charge in [-0.15, -0.1) is 0 Å². The van der Waals surface area contributed by atoms with Crippen molar-refractivity contribution in [2.75, 3.05) is 13.1 Å². The van der Waals surface area contributed by atoms with Gasteiger partial charge >= 0.3 is 0 Å². The molecular formula is C11H19BrN4. The fourth-order valence-corrected chi connectivity index (χ4v) is 2.88. The monoisotopic (exact) mass is 286 g/mol. The van der Waals surface area contributed by atoms with Crippen molar-refractivity contribution in [2.24, 2.45) is 12.8 Å². The van der Waals surface area contributed by atoms with Gasteiger partial charge in [-0.25, -0.2) is 0 Å². The first-order chi connectivity index (χ1) is 7.63. The Balaban J connectivity index is 2.14. The third-order valence-electron chi connectivity index (χ3n) is 3.39. The van der Waals surface area contributed by atoms with Crippen LogP contribution in [0.1, 0.15) is 24.2 Å². The molecule has 1 saturated heterocycles. The van der Waals surface area contributed by atoms with E-state index in [1.807, 2.05) is 18.7 Å². The summed E-state index contributed by atoms with van der Waals surface area (Å²) in [5.74, 6) is 0. The number of aromatic nitrogens is 2. The van der Waals surface area contributed by atoms with Crippen LogP contribution in [0.25, 0.3) is 0 Å². The van der Waals surface area contributed by atoms with Crippen LogP contribution in [0.4, 0.5) is 0 Å². The molecule has 1 atom stereocenters. The summed E-state index contributed by atoms with van der Waals surface area (Å²) in [5, 5.41) is 4.42. The molecule has 4 nitrogen and oxygen atoms in total. The molecule has 90 valence electrons. The normalized spacial score (nSPS) is 21.9. The van der Waals surface area contributed by atoms with Crippen LogP contribution in [0.3, 0.4) is 0 Å². The number of hydrogen-bond donors (Lipinski definition) is 1. The lowest BCUT2D eigenvalue weighted by Gasteiger charge is -2.23. The van der Waals surface area contributed by atoms with Gasteiger partial charge in [0.2, 0.25) is 0 Å². The molecule has 1 aromatic rings. The summed E-state index contributed by atoms with van der Waals surface area (Å²) >= 11 is 3.61. The first-order valence-electron chi connectivity index (χ1n) is 5.75. The molecule has 0 bridgehead atoms. The fourth-order valence-electron chi connectivity index (χ4n) is 2.41. The second kappa shape index (κ2) is 4.85. The Kier molecular flexibility index (Phi) is 3.66. The zero-order chi connectivity index (χ0) is 11.7. The summed E-state index contributed by atoms with van der Waals surface area (Å²) in [7, 11) is 2.00. The third kappa shape index (κ3) is 2.17. The Bertz CT molecular complexity index is 374. The molecule has 1 aromatic heterocycles. The van der Waals surface area contributed by atoms with Crippen molar-refractivity contribution in [3.05, 3.63) is 15.9 Å². The molecule has 2 N–H and O–H groups in total. The van der Waals surface area contributed by atoms with E-state index in [0.717, 1.165) is 29.8 Å². The zero-order valence-corrected chi connectivity index (χ0v) is 11.5. The molecule has 0 aromatic carbocycles. The van der Waals surface area contributed by atoms with Crippen LogP contribution in [0.5, 0.6) is 0 Å².